The quantitative estimate of drug-likeness (QED) is 0.555. The van der Waals surface area contributed by atoms with Crippen LogP contribution in [0.25, 0.3) is 0 Å². The van der Waals surface area contributed by atoms with Crippen LogP contribution in [-0.4, -0.2) is 5.78 Å². The lowest BCUT2D eigenvalue weighted by molar-refractivity contribution is -0.121. The average Bonchev–Trinajstić information content (AvgIpc) is 1.60. The third kappa shape index (κ3) is 2.18. The number of nitrogens with zero attached hydrogens (tertiary/aromatic N) is 1. The molecule has 2 nitrogen and oxygen atoms in total. The van der Waals surface area contributed by atoms with Gasteiger partial charge in [-0.05, 0) is 12.3 Å². The lowest BCUT2D eigenvalue weighted by Gasteiger charge is -2.21. The number of rotatable bonds is 1. The molecule has 0 aromatic carbocycles. The number of hydrogen-bond donors (Lipinski definition) is 0. The predicted octanol–water partition coefficient (Wildman–Crippen LogP) is 1.76. The fourth-order valence-corrected chi connectivity index (χ4v) is 0.894. The van der Waals surface area contributed by atoms with Crippen LogP contribution in [0.4, 0.5) is 0 Å². The number of Topliss-reactive ketones (excluding diaryl/α,β-unsaturated/α-hetero) is 1. The summed E-state index contributed by atoms with van der Waals surface area (Å²) in [5, 5.41) is 8.56. The average molecular weight is 139 g/mol. The van der Waals surface area contributed by atoms with Crippen molar-refractivity contribution in [3.05, 3.63) is 0 Å². The van der Waals surface area contributed by atoms with Crippen LogP contribution in [0.5, 0.6) is 0 Å². The van der Waals surface area contributed by atoms with Crippen LogP contribution >= 0.6 is 0 Å². The van der Waals surface area contributed by atoms with E-state index < -0.39 is 5.92 Å². The van der Waals surface area contributed by atoms with Crippen molar-refractivity contribution >= 4 is 5.78 Å². The highest BCUT2D eigenvalue weighted by Gasteiger charge is 2.27. The summed E-state index contributed by atoms with van der Waals surface area (Å²) in [5.41, 5.74) is -0.222. The van der Waals surface area contributed by atoms with E-state index in [9.17, 15) is 4.79 Å². The lowest BCUT2D eigenvalue weighted by Crippen LogP contribution is -2.25. The van der Waals surface area contributed by atoms with Gasteiger partial charge in [0.15, 0.2) is 0 Å². The summed E-state index contributed by atoms with van der Waals surface area (Å²) < 4.78 is 0. The third-order valence-corrected chi connectivity index (χ3v) is 1.40. The Labute approximate surface area is 61.8 Å². The van der Waals surface area contributed by atoms with E-state index >= 15 is 0 Å². The van der Waals surface area contributed by atoms with E-state index in [-0.39, 0.29) is 11.2 Å². The van der Waals surface area contributed by atoms with Gasteiger partial charge in [-0.2, -0.15) is 5.26 Å². The van der Waals surface area contributed by atoms with E-state index in [0.29, 0.717) is 0 Å². The van der Waals surface area contributed by atoms with E-state index in [1.54, 1.807) is 0 Å². The molecular weight excluding hydrogens is 126 g/mol. The van der Waals surface area contributed by atoms with Crippen LogP contribution in [0.1, 0.15) is 27.7 Å². The maximum Gasteiger partial charge on any atom is 0.147 e. The highest BCUT2D eigenvalue weighted by molar-refractivity contribution is 5.81. The molecule has 10 heavy (non-hydrogen) atoms. The topological polar surface area (TPSA) is 40.9 Å². The smallest absolute Gasteiger partial charge is 0.147 e. The van der Waals surface area contributed by atoms with Gasteiger partial charge in [0.2, 0.25) is 0 Å². The SMILES string of the molecule is CC(=O)C(C#N)C(C)(C)C. The lowest BCUT2D eigenvalue weighted by atomic mass is 9.79. The fourth-order valence-electron chi connectivity index (χ4n) is 0.894. The fraction of sp³-hybridized carbons (Fsp3) is 0.750. The molecule has 0 rings (SSSR count). The molecule has 0 spiro atoms. The summed E-state index contributed by atoms with van der Waals surface area (Å²) in [6.07, 6.45) is 0. The Morgan fingerprint density at radius 2 is 1.90 bits per heavy atom. The van der Waals surface area contributed by atoms with Gasteiger partial charge in [-0.1, -0.05) is 20.8 Å². The Hall–Kier alpha value is -0.840. The van der Waals surface area contributed by atoms with Gasteiger partial charge in [0, 0.05) is 0 Å². The molecule has 0 aromatic rings. The van der Waals surface area contributed by atoms with Crippen molar-refractivity contribution in [1.82, 2.24) is 0 Å². The van der Waals surface area contributed by atoms with Crippen LogP contribution in [0.3, 0.4) is 0 Å². The van der Waals surface area contributed by atoms with Gasteiger partial charge in [0.05, 0.1) is 6.07 Å². The first-order valence-electron chi connectivity index (χ1n) is 3.29. The summed E-state index contributed by atoms with van der Waals surface area (Å²) >= 11 is 0. The zero-order valence-electron chi connectivity index (χ0n) is 6.93. The highest BCUT2D eigenvalue weighted by Crippen LogP contribution is 2.25. The summed E-state index contributed by atoms with van der Waals surface area (Å²) in [4.78, 5) is 10.8. The minimum atomic E-state index is -0.465. The third-order valence-electron chi connectivity index (χ3n) is 1.40. The van der Waals surface area contributed by atoms with Crippen molar-refractivity contribution in [3.8, 4) is 6.07 Å². The molecule has 0 radical (unpaired) electrons. The van der Waals surface area contributed by atoms with Crippen molar-refractivity contribution < 1.29 is 4.79 Å². The molecule has 0 aliphatic heterocycles. The Morgan fingerprint density at radius 1 is 1.50 bits per heavy atom. The van der Waals surface area contributed by atoms with Gasteiger partial charge in [0.1, 0.15) is 11.7 Å². The van der Waals surface area contributed by atoms with Gasteiger partial charge in [-0.15, -0.1) is 0 Å². The molecule has 0 aliphatic rings. The molecule has 56 valence electrons. The maximum atomic E-state index is 10.8. The Bertz CT molecular complexity index is 171. The zero-order valence-corrected chi connectivity index (χ0v) is 6.93. The van der Waals surface area contributed by atoms with Gasteiger partial charge in [-0.25, -0.2) is 0 Å². The summed E-state index contributed by atoms with van der Waals surface area (Å²) in [6, 6.07) is 1.99. The first-order chi connectivity index (χ1) is 4.39. The summed E-state index contributed by atoms with van der Waals surface area (Å²) in [5.74, 6) is -0.512. The second kappa shape index (κ2) is 2.83. The second-order valence-electron chi connectivity index (χ2n) is 3.54. The normalized spacial score (nSPS) is 13.9. The monoisotopic (exact) mass is 139 g/mol. The number of carbonyl (C=O) groups is 1. The van der Waals surface area contributed by atoms with E-state index in [2.05, 4.69) is 0 Å². The molecule has 0 saturated carbocycles. The molecule has 0 N–H and O–H groups in total. The van der Waals surface area contributed by atoms with E-state index in [1.165, 1.54) is 6.92 Å². The number of ketones is 1. The molecule has 1 unspecified atom stereocenters. The van der Waals surface area contributed by atoms with E-state index in [0.717, 1.165) is 0 Å². The minimum Gasteiger partial charge on any atom is -0.299 e. The van der Waals surface area contributed by atoms with E-state index in [4.69, 9.17) is 5.26 Å². The van der Waals surface area contributed by atoms with Gasteiger partial charge in [0.25, 0.3) is 0 Å². The predicted molar refractivity (Wildman–Crippen MR) is 39.2 cm³/mol. The highest BCUT2D eigenvalue weighted by atomic mass is 16.1. The number of carbonyl (C=O) groups excluding carboxylic acids is 1. The van der Waals surface area contributed by atoms with Crippen LogP contribution in [0.15, 0.2) is 0 Å². The molecule has 0 aliphatic carbocycles. The maximum absolute atomic E-state index is 10.8. The largest absolute Gasteiger partial charge is 0.299 e. The molecule has 0 aromatic heterocycles. The van der Waals surface area contributed by atoms with Crippen molar-refractivity contribution in [2.45, 2.75) is 27.7 Å². The standard InChI is InChI=1S/C8H13NO/c1-6(10)7(5-9)8(2,3)4/h7H,1-4H3. The molecular formula is C8H13NO. The molecule has 2 heteroatoms. The molecule has 0 fully saturated rings. The van der Waals surface area contributed by atoms with Gasteiger partial charge in [-0.3, -0.25) is 4.79 Å². The van der Waals surface area contributed by atoms with Crippen molar-refractivity contribution in [2.24, 2.45) is 11.3 Å². The first-order valence-corrected chi connectivity index (χ1v) is 3.29. The van der Waals surface area contributed by atoms with Crippen molar-refractivity contribution in [2.75, 3.05) is 0 Å². The Balaban J connectivity index is 4.42. The summed E-state index contributed by atoms with van der Waals surface area (Å²) in [7, 11) is 0. The van der Waals surface area contributed by atoms with Gasteiger partial charge >= 0.3 is 0 Å². The second-order valence-corrected chi connectivity index (χ2v) is 3.54. The van der Waals surface area contributed by atoms with Crippen LogP contribution in [-0.2, 0) is 4.79 Å². The molecule has 0 saturated heterocycles. The minimum absolute atomic E-state index is 0.0463. The molecule has 0 bridgehead atoms. The Kier molecular flexibility index (Phi) is 2.59. The van der Waals surface area contributed by atoms with Crippen LogP contribution in [0.2, 0.25) is 0 Å². The number of hydrogen-bond acceptors (Lipinski definition) is 2. The molecule has 1 atom stereocenters. The summed E-state index contributed by atoms with van der Waals surface area (Å²) in [6.45, 7) is 7.13. The van der Waals surface area contributed by atoms with Crippen LogP contribution < -0.4 is 0 Å². The van der Waals surface area contributed by atoms with E-state index in [1.807, 2.05) is 26.8 Å². The number of nitriles is 1. The van der Waals surface area contributed by atoms with Crippen molar-refractivity contribution in [1.29, 1.82) is 5.26 Å². The molecule has 0 heterocycles. The zero-order chi connectivity index (χ0) is 8.36. The van der Waals surface area contributed by atoms with Crippen molar-refractivity contribution in [3.63, 3.8) is 0 Å². The Morgan fingerprint density at radius 3 is 1.90 bits per heavy atom. The molecule has 0 amide bonds. The first kappa shape index (κ1) is 9.16. The van der Waals surface area contributed by atoms with Gasteiger partial charge < -0.3 is 0 Å². The van der Waals surface area contributed by atoms with Crippen LogP contribution in [0, 0.1) is 22.7 Å².